The Labute approximate surface area is 92.5 Å². The van der Waals surface area contributed by atoms with E-state index in [0.717, 1.165) is 11.3 Å². The molecule has 0 aliphatic carbocycles. The van der Waals surface area contributed by atoms with Gasteiger partial charge in [-0.15, -0.1) is 5.10 Å². The molecule has 5 heteroatoms. The van der Waals surface area contributed by atoms with Gasteiger partial charge in [0.05, 0.1) is 11.1 Å². The van der Waals surface area contributed by atoms with Crippen LogP contribution in [0.2, 0.25) is 0 Å². The fourth-order valence-corrected chi connectivity index (χ4v) is 2.04. The standard InChI is InChI=1S/C10H12N4S/c1-11-9(10-7-13-14-15-10)6-8-2-4-12-5-3-8/h2-5,7,9,11H,6H2,1H3. The van der Waals surface area contributed by atoms with E-state index in [1.165, 1.54) is 17.1 Å². The number of likely N-dealkylation sites (N-methyl/N-ethyl adjacent to an activating group) is 1. The Kier molecular flexibility index (Phi) is 3.37. The van der Waals surface area contributed by atoms with Crippen molar-refractivity contribution in [2.45, 2.75) is 12.5 Å². The average molecular weight is 220 g/mol. The van der Waals surface area contributed by atoms with Gasteiger partial charge in [-0.05, 0) is 42.7 Å². The zero-order valence-corrected chi connectivity index (χ0v) is 9.24. The van der Waals surface area contributed by atoms with E-state index in [0.29, 0.717) is 0 Å². The van der Waals surface area contributed by atoms with Crippen LogP contribution in [0.5, 0.6) is 0 Å². The molecule has 2 rings (SSSR count). The number of hydrogen-bond acceptors (Lipinski definition) is 5. The first kappa shape index (κ1) is 10.2. The Balaban J connectivity index is 2.10. The highest BCUT2D eigenvalue weighted by atomic mass is 32.1. The lowest BCUT2D eigenvalue weighted by Gasteiger charge is -2.12. The van der Waals surface area contributed by atoms with Crippen molar-refractivity contribution >= 4 is 11.5 Å². The molecule has 0 amide bonds. The molecule has 15 heavy (non-hydrogen) atoms. The van der Waals surface area contributed by atoms with Crippen LogP contribution in [0.1, 0.15) is 16.5 Å². The topological polar surface area (TPSA) is 50.7 Å². The van der Waals surface area contributed by atoms with E-state index < -0.39 is 0 Å². The van der Waals surface area contributed by atoms with Crippen molar-refractivity contribution in [2.75, 3.05) is 7.05 Å². The number of rotatable bonds is 4. The number of hydrogen-bond donors (Lipinski definition) is 1. The van der Waals surface area contributed by atoms with Crippen LogP contribution in [0.25, 0.3) is 0 Å². The smallest absolute Gasteiger partial charge is 0.0669 e. The van der Waals surface area contributed by atoms with E-state index >= 15 is 0 Å². The summed E-state index contributed by atoms with van der Waals surface area (Å²) < 4.78 is 3.87. The van der Waals surface area contributed by atoms with Crippen molar-refractivity contribution in [3.8, 4) is 0 Å². The molecular formula is C10H12N4S. The van der Waals surface area contributed by atoms with Crippen LogP contribution >= 0.6 is 11.5 Å². The lowest BCUT2D eigenvalue weighted by atomic mass is 10.1. The molecule has 2 heterocycles. The number of aromatic nitrogens is 3. The van der Waals surface area contributed by atoms with Crippen molar-refractivity contribution in [1.29, 1.82) is 0 Å². The normalized spacial score (nSPS) is 12.6. The average Bonchev–Trinajstić information content (AvgIpc) is 2.81. The van der Waals surface area contributed by atoms with E-state index in [4.69, 9.17) is 0 Å². The van der Waals surface area contributed by atoms with Gasteiger partial charge < -0.3 is 5.32 Å². The molecule has 4 nitrogen and oxygen atoms in total. The summed E-state index contributed by atoms with van der Waals surface area (Å²) in [4.78, 5) is 5.16. The van der Waals surface area contributed by atoms with Crippen molar-refractivity contribution in [1.82, 2.24) is 19.9 Å². The molecule has 0 fully saturated rings. The zero-order valence-electron chi connectivity index (χ0n) is 8.42. The molecule has 1 atom stereocenters. The molecule has 2 aromatic heterocycles. The van der Waals surface area contributed by atoms with Crippen LogP contribution in [0.4, 0.5) is 0 Å². The van der Waals surface area contributed by atoms with Crippen LogP contribution in [0.15, 0.2) is 30.7 Å². The summed E-state index contributed by atoms with van der Waals surface area (Å²) in [5, 5.41) is 7.11. The third kappa shape index (κ3) is 2.57. The summed E-state index contributed by atoms with van der Waals surface area (Å²) >= 11 is 1.44. The van der Waals surface area contributed by atoms with Crippen LogP contribution in [-0.4, -0.2) is 21.6 Å². The van der Waals surface area contributed by atoms with Crippen molar-refractivity contribution < 1.29 is 0 Å². The highest BCUT2D eigenvalue weighted by molar-refractivity contribution is 7.05. The number of nitrogens with zero attached hydrogens (tertiary/aromatic N) is 3. The van der Waals surface area contributed by atoms with Crippen LogP contribution in [0, 0.1) is 0 Å². The van der Waals surface area contributed by atoms with Gasteiger partial charge in [0.15, 0.2) is 0 Å². The predicted molar refractivity (Wildman–Crippen MR) is 59.7 cm³/mol. The first-order valence-corrected chi connectivity index (χ1v) is 5.51. The summed E-state index contributed by atoms with van der Waals surface area (Å²) in [5.74, 6) is 0. The number of nitrogens with one attached hydrogen (secondary N) is 1. The Morgan fingerprint density at radius 2 is 2.20 bits per heavy atom. The highest BCUT2D eigenvalue weighted by Crippen LogP contribution is 2.19. The minimum absolute atomic E-state index is 0.285. The molecule has 2 aromatic rings. The van der Waals surface area contributed by atoms with Gasteiger partial charge in [-0.25, -0.2) is 0 Å². The van der Waals surface area contributed by atoms with Gasteiger partial charge in [0.25, 0.3) is 0 Å². The molecular weight excluding hydrogens is 208 g/mol. The minimum Gasteiger partial charge on any atom is -0.312 e. The third-order valence-corrected chi connectivity index (χ3v) is 3.04. The van der Waals surface area contributed by atoms with Gasteiger partial charge in [-0.1, -0.05) is 4.49 Å². The maximum absolute atomic E-state index is 4.00. The molecule has 0 saturated carbocycles. The molecule has 0 saturated heterocycles. The SMILES string of the molecule is CNC(Cc1ccncc1)c1cnns1. The Morgan fingerprint density at radius 3 is 2.80 bits per heavy atom. The predicted octanol–water partition coefficient (Wildman–Crippen LogP) is 1.44. The molecule has 1 N–H and O–H groups in total. The second-order valence-corrected chi connectivity index (χ2v) is 4.04. The van der Waals surface area contributed by atoms with Gasteiger partial charge in [0.1, 0.15) is 0 Å². The van der Waals surface area contributed by atoms with E-state index in [2.05, 4.69) is 19.9 Å². The van der Waals surface area contributed by atoms with Gasteiger partial charge >= 0.3 is 0 Å². The summed E-state index contributed by atoms with van der Waals surface area (Å²) in [6, 6.07) is 4.34. The second kappa shape index (κ2) is 4.95. The first-order valence-electron chi connectivity index (χ1n) is 4.73. The van der Waals surface area contributed by atoms with Crippen molar-refractivity contribution in [3.05, 3.63) is 41.2 Å². The molecule has 0 aromatic carbocycles. The van der Waals surface area contributed by atoms with Crippen molar-refractivity contribution in [2.24, 2.45) is 0 Å². The highest BCUT2D eigenvalue weighted by Gasteiger charge is 2.11. The van der Waals surface area contributed by atoms with E-state index in [-0.39, 0.29) is 6.04 Å². The fourth-order valence-electron chi connectivity index (χ4n) is 1.43. The van der Waals surface area contributed by atoms with Crippen LogP contribution < -0.4 is 5.32 Å². The largest absolute Gasteiger partial charge is 0.312 e. The lowest BCUT2D eigenvalue weighted by Crippen LogP contribution is -2.17. The summed E-state index contributed by atoms with van der Waals surface area (Å²) in [5.41, 5.74) is 1.26. The van der Waals surface area contributed by atoms with Gasteiger partial charge in [0, 0.05) is 18.4 Å². The van der Waals surface area contributed by atoms with Gasteiger partial charge in [0.2, 0.25) is 0 Å². The Bertz CT molecular complexity index is 387. The van der Waals surface area contributed by atoms with Crippen LogP contribution in [0.3, 0.4) is 0 Å². The molecule has 0 spiro atoms. The van der Waals surface area contributed by atoms with Crippen LogP contribution in [-0.2, 0) is 6.42 Å². The minimum atomic E-state index is 0.285. The second-order valence-electron chi connectivity index (χ2n) is 3.22. The Hall–Kier alpha value is -1.33. The molecule has 0 bridgehead atoms. The molecule has 78 valence electrons. The Morgan fingerprint density at radius 1 is 1.40 bits per heavy atom. The summed E-state index contributed by atoms with van der Waals surface area (Å²) in [6.07, 6.45) is 6.37. The van der Waals surface area contributed by atoms with E-state index in [9.17, 15) is 0 Å². The quantitative estimate of drug-likeness (QED) is 0.847. The lowest BCUT2D eigenvalue weighted by molar-refractivity contribution is 0.600. The molecule has 1 unspecified atom stereocenters. The maximum Gasteiger partial charge on any atom is 0.0669 e. The van der Waals surface area contributed by atoms with Gasteiger partial charge in [-0.2, -0.15) is 0 Å². The monoisotopic (exact) mass is 220 g/mol. The molecule has 0 aliphatic rings. The maximum atomic E-state index is 4.00. The fraction of sp³-hybridized carbons (Fsp3) is 0.300. The van der Waals surface area contributed by atoms with Crippen molar-refractivity contribution in [3.63, 3.8) is 0 Å². The molecule has 0 radical (unpaired) electrons. The van der Waals surface area contributed by atoms with E-state index in [1.807, 2.05) is 37.8 Å². The third-order valence-electron chi connectivity index (χ3n) is 2.26. The van der Waals surface area contributed by atoms with E-state index in [1.54, 1.807) is 0 Å². The summed E-state index contributed by atoms with van der Waals surface area (Å²) in [6.45, 7) is 0. The summed E-state index contributed by atoms with van der Waals surface area (Å²) in [7, 11) is 1.95. The van der Waals surface area contributed by atoms with Gasteiger partial charge in [-0.3, -0.25) is 4.98 Å². The molecule has 0 aliphatic heterocycles. The zero-order chi connectivity index (χ0) is 10.5. The first-order chi connectivity index (χ1) is 7.40. The number of pyridine rings is 1.